The minimum atomic E-state index is -1.00. The fourth-order valence-corrected chi connectivity index (χ4v) is 0.803. The molecule has 1 aromatic rings. The van der Waals surface area contributed by atoms with Gasteiger partial charge in [-0.15, -0.1) is 0 Å². The third-order valence-corrected chi connectivity index (χ3v) is 1.42. The van der Waals surface area contributed by atoms with Crippen molar-refractivity contribution in [3.05, 3.63) is 43.3 Å². The minimum Gasteiger partial charge on any atom is -0.480 e. The first-order valence-corrected chi connectivity index (χ1v) is 3.25. The average molecular weight is 189 g/mol. The summed E-state index contributed by atoms with van der Waals surface area (Å²) in [4.78, 5) is 10.4. The van der Waals surface area contributed by atoms with E-state index in [0.29, 0.717) is 5.56 Å². The van der Waals surface area contributed by atoms with Crippen LogP contribution in [-0.2, 0) is 4.79 Å². The predicted molar refractivity (Wildman–Crippen MR) is 47.4 cm³/mol. The number of carbonyl (C=O) groups is 1. The van der Waals surface area contributed by atoms with Crippen LogP contribution in [-0.4, -0.2) is 11.1 Å². The van der Waals surface area contributed by atoms with Crippen molar-refractivity contribution in [3.8, 4) is 0 Å². The van der Waals surface area contributed by atoms with E-state index in [9.17, 15) is 4.79 Å². The quantitative estimate of drug-likeness (QED) is 0.427. The number of aliphatic carboxylic acids is 1. The van der Waals surface area contributed by atoms with Gasteiger partial charge in [-0.3, -0.25) is 4.79 Å². The molecule has 1 atom stereocenters. The van der Waals surface area contributed by atoms with E-state index < -0.39 is 12.0 Å². The smallest absolute Gasteiger partial charge is 0.480 e. The molecule has 13 heavy (non-hydrogen) atoms. The number of carboxylic acid groups (broad SMARTS) is 1. The maximum Gasteiger partial charge on any atom is 1.00 e. The Kier molecular flexibility index (Phi) is 8.26. The number of nitrogens with two attached hydrogens (primary N) is 1. The molecule has 3 N–H and O–H groups in total. The molecular formula is C9H12NNaO2. The minimum absolute atomic E-state index is 0. The van der Waals surface area contributed by atoms with Gasteiger partial charge in [-0.25, -0.2) is 0 Å². The van der Waals surface area contributed by atoms with E-state index in [1.807, 2.05) is 6.07 Å². The SMILES string of the molecule is N[C@H](C(=O)O)c1ccccc1.[CH3-].[Na+]. The number of hydrogen-bond donors (Lipinski definition) is 2. The van der Waals surface area contributed by atoms with Crippen molar-refractivity contribution in [2.45, 2.75) is 6.04 Å². The van der Waals surface area contributed by atoms with Crippen molar-refractivity contribution >= 4 is 5.97 Å². The molecule has 66 valence electrons. The van der Waals surface area contributed by atoms with Crippen molar-refractivity contribution in [2.75, 3.05) is 0 Å². The Hall–Kier alpha value is -0.350. The number of carboxylic acids is 1. The zero-order valence-corrected chi connectivity index (χ0v) is 9.90. The van der Waals surface area contributed by atoms with Gasteiger partial charge in [-0.1, -0.05) is 30.3 Å². The van der Waals surface area contributed by atoms with Crippen LogP contribution in [0.4, 0.5) is 0 Å². The Balaban J connectivity index is 0. The molecule has 3 nitrogen and oxygen atoms in total. The molecule has 0 spiro atoms. The second-order valence-corrected chi connectivity index (χ2v) is 2.23. The Morgan fingerprint density at radius 2 is 1.77 bits per heavy atom. The monoisotopic (exact) mass is 189 g/mol. The van der Waals surface area contributed by atoms with Crippen LogP contribution in [0.1, 0.15) is 11.6 Å². The molecule has 0 unspecified atom stereocenters. The van der Waals surface area contributed by atoms with Crippen LogP contribution in [0.5, 0.6) is 0 Å². The molecule has 4 heteroatoms. The van der Waals surface area contributed by atoms with E-state index in [4.69, 9.17) is 10.8 Å². The Labute approximate surface area is 100 Å². The topological polar surface area (TPSA) is 63.3 Å². The number of benzene rings is 1. The third-order valence-electron chi connectivity index (χ3n) is 1.42. The van der Waals surface area contributed by atoms with Crippen molar-refractivity contribution in [2.24, 2.45) is 5.73 Å². The largest absolute Gasteiger partial charge is 1.00 e. The molecule has 0 aliphatic carbocycles. The molecule has 0 bridgehead atoms. The molecule has 0 aromatic heterocycles. The van der Waals surface area contributed by atoms with Gasteiger partial charge in [0.05, 0.1) is 0 Å². The maximum atomic E-state index is 10.4. The zero-order chi connectivity index (χ0) is 8.27. The van der Waals surface area contributed by atoms with Gasteiger partial charge in [0, 0.05) is 0 Å². The van der Waals surface area contributed by atoms with E-state index in [1.54, 1.807) is 24.3 Å². The summed E-state index contributed by atoms with van der Waals surface area (Å²) in [6, 6.07) is 7.82. The van der Waals surface area contributed by atoms with Gasteiger partial charge in [0.2, 0.25) is 0 Å². The van der Waals surface area contributed by atoms with Crippen LogP contribution in [0.3, 0.4) is 0 Å². The molecule has 0 aliphatic rings. The fraction of sp³-hybridized carbons (Fsp3) is 0.111. The molecule has 0 amide bonds. The molecule has 1 rings (SSSR count). The Bertz CT molecular complexity index is 251. The van der Waals surface area contributed by atoms with Crippen molar-refractivity contribution in [3.63, 3.8) is 0 Å². The van der Waals surface area contributed by atoms with Gasteiger partial charge in [0.25, 0.3) is 0 Å². The predicted octanol–water partition coefficient (Wildman–Crippen LogP) is -1.77. The van der Waals surface area contributed by atoms with Crippen molar-refractivity contribution in [1.29, 1.82) is 0 Å². The summed E-state index contributed by atoms with van der Waals surface area (Å²) >= 11 is 0. The number of hydrogen-bond acceptors (Lipinski definition) is 2. The second-order valence-electron chi connectivity index (χ2n) is 2.23. The third kappa shape index (κ3) is 4.43. The van der Waals surface area contributed by atoms with E-state index in [2.05, 4.69) is 0 Å². The molecule has 0 saturated heterocycles. The summed E-state index contributed by atoms with van der Waals surface area (Å²) in [6.45, 7) is 0. The van der Waals surface area contributed by atoms with Gasteiger partial charge in [-0.2, -0.15) is 0 Å². The summed E-state index contributed by atoms with van der Waals surface area (Å²) in [7, 11) is 0. The van der Waals surface area contributed by atoms with Gasteiger partial charge < -0.3 is 18.3 Å². The van der Waals surface area contributed by atoms with Crippen LogP contribution in [0, 0.1) is 7.43 Å². The standard InChI is InChI=1S/C8H9NO2.CH3.Na/c9-7(8(10)11)6-4-2-1-3-5-6;;/h1-5,7H,9H2,(H,10,11);1H3;/q;-1;+1/t7-;;/m0../s1. The van der Waals surface area contributed by atoms with Crippen LogP contribution >= 0.6 is 0 Å². The van der Waals surface area contributed by atoms with Crippen molar-refractivity contribution in [1.82, 2.24) is 0 Å². The summed E-state index contributed by atoms with van der Waals surface area (Å²) in [6.07, 6.45) is 0. The van der Waals surface area contributed by atoms with Crippen molar-refractivity contribution < 1.29 is 39.5 Å². The van der Waals surface area contributed by atoms with Gasteiger partial charge >= 0.3 is 35.5 Å². The first-order chi connectivity index (χ1) is 5.22. The van der Waals surface area contributed by atoms with Crippen LogP contribution in [0.2, 0.25) is 0 Å². The van der Waals surface area contributed by atoms with Gasteiger partial charge in [0.1, 0.15) is 6.04 Å². The average Bonchev–Trinajstić information content (AvgIpc) is 2.05. The molecular weight excluding hydrogens is 177 g/mol. The van der Waals surface area contributed by atoms with E-state index in [0.717, 1.165) is 0 Å². The van der Waals surface area contributed by atoms with E-state index >= 15 is 0 Å². The molecule has 0 heterocycles. The summed E-state index contributed by atoms with van der Waals surface area (Å²) in [5.41, 5.74) is 5.96. The Morgan fingerprint density at radius 1 is 1.31 bits per heavy atom. The van der Waals surface area contributed by atoms with Crippen LogP contribution in [0.25, 0.3) is 0 Å². The number of rotatable bonds is 2. The molecule has 1 aromatic carbocycles. The molecule has 0 fully saturated rings. The van der Waals surface area contributed by atoms with Gasteiger partial charge in [0.15, 0.2) is 0 Å². The van der Waals surface area contributed by atoms with Crippen LogP contribution in [0.15, 0.2) is 30.3 Å². The fourth-order valence-electron chi connectivity index (χ4n) is 0.803. The summed E-state index contributed by atoms with van der Waals surface area (Å²) < 4.78 is 0. The summed E-state index contributed by atoms with van der Waals surface area (Å²) in [5, 5.41) is 8.51. The first-order valence-electron chi connectivity index (χ1n) is 3.25. The first kappa shape index (κ1) is 15.1. The van der Waals surface area contributed by atoms with Crippen LogP contribution < -0.4 is 35.3 Å². The molecule has 0 radical (unpaired) electrons. The molecule has 0 saturated carbocycles. The molecule has 0 aliphatic heterocycles. The Morgan fingerprint density at radius 3 is 2.15 bits per heavy atom. The zero-order valence-electron chi connectivity index (χ0n) is 7.90. The second kappa shape index (κ2) is 7.09. The van der Waals surface area contributed by atoms with E-state index in [-0.39, 0.29) is 37.0 Å². The normalized spacial score (nSPS) is 10.5. The maximum absolute atomic E-state index is 10.4. The van der Waals surface area contributed by atoms with E-state index in [1.165, 1.54) is 0 Å². The van der Waals surface area contributed by atoms with Gasteiger partial charge in [-0.05, 0) is 5.56 Å². The summed E-state index contributed by atoms with van der Waals surface area (Å²) in [5.74, 6) is -1.00.